The Kier molecular flexibility index (Phi) is 4.23. The molecule has 0 spiro atoms. The molecule has 20 heavy (non-hydrogen) atoms. The van der Waals surface area contributed by atoms with Gasteiger partial charge in [-0.2, -0.15) is 0 Å². The second kappa shape index (κ2) is 6.29. The number of likely N-dealkylation sites (tertiary alicyclic amines) is 1. The molecule has 1 heteroatoms. The summed E-state index contributed by atoms with van der Waals surface area (Å²) in [5, 5.41) is 0. The third kappa shape index (κ3) is 3.52. The van der Waals surface area contributed by atoms with Crippen molar-refractivity contribution in [2.45, 2.75) is 31.6 Å². The first-order valence-corrected chi connectivity index (χ1v) is 7.79. The molecule has 0 unspecified atom stereocenters. The summed E-state index contributed by atoms with van der Waals surface area (Å²) in [6.07, 6.45) is 15.3. The van der Waals surface area contributed by atoms with Crippen LogP contribution in [-0.2, 0) is 0 Å². The standard InChI is InChI=1S/C19H23N/c1-2-13-20-14-11-17(12-15-20)4-3-16-5-7-18(8-6-16)19-9-10-19/h1,3-8,17,19H,9-15H2/b4-3+. The molecule has 0 atom stereocenters. The molecule has 1 aromatic carbocycles. The van der Waals surface area contributed by atoms with Crippen molar-refractivity contribution in [3.05, 3.63) is 41.5 Å². The van der Waals surface area contributed by atoms with Crippen molar-refractivity contribution in [2.24, 2.45) is 5.92 Å². The van der Waals surface area contributed by atoms with Gasteiger partial charge in [-0.05, 0) is 61.7 Å². The SMILES string of the molecule is C#CCN1CCC(/C=C/c2ccc(C3CC3)cc2)CC1. The van der Waals surface area contributed by atoms with E-state index >= 15 is 0 Å². The molecule has 1 aromatic rings. The molecule has 0 N–H and O–H groups in total. The monoisotopic (exact) mass is 265 g/mol. The minimum Gasteiger partial charge on any atom is -0.292 e. The van der Waals surface area contributed by atoms with Gasteiger partial charge in [0, 0.05) is 0 Å². The van der Waals surface area contributed by atoms with Crippen LogP contribution in [0.15, 0.2) is 30.3 Å². The predicted molar refractivity (Wildman–Crippen MR) is 85.4 cm³/mol. The average molecular weight is 265 g/mol. The van der Waals surface area contributed by atoms with Crippen LogP contribution in [0.4, 0.5) is 0 Å². The molecule has 0 amide bonds. The van der Waals surface area contributed by atoms with Crippen LogP contribution >= 0.6 is 0 Å². The second-order valence-electron chi connectivity index (χ2n) is 6.12. The van der Waals surface area contributed by atoms with Crippen LogP contribution in [0, 0.1) is 18.3 Å². The molecule has 1 saturated heterocycles. The highest BCUT2D eigenvalue weighted by Gasteiger charge is 2.22. The Labute approximate surface area is 122 Å². The highest BCUT2D eigenvalue weighted by atomic mass is 15.1. The highest BCUT2D eigenvalue weighted by Crippen LogP contribution is 2.39. The van der Waals surface area contributed by atoms with Gasteiger partial charge in [0.05, 0.1) is 6.54 Å². The second-order valence-corrected chi connectivity index (χ2v) is 6.12. The Morgan fingerprint density at radius 1 is 1.10 bits per heavy atom. The number of hydrogen-bond acceptors (Lipinski definition) is 1. The van der Waals surface area contributed by atoms with Gasteiger partial charge in [0.25, 0.3) is 0 Å². The quantitative estimate of drug-likeness (QED) is 0.746. The highest BCUT2D eigenvalue weighted by molar-refractivity contribution is 5.50. The van der Waals surface area contributed by atoms with Gasteiger partial charge in [-0.3, -0.25) is 4.90 Å². The van der Waals surface area contributed by atoms with Crippen molar-refractivity contribution in [2.75, 3.05) is 19.6 Å². The fourth-order valence-corrected chi connectivity index (χ4v) is 2.98. The predicted octanol–water partition coefficient (Wildman–Crippen LogP) is 3.92. The zero-order valence-electron chi connectivity index (χ0n) is 12.1. The van der Waals surface area contributed by atoms with Crippen LogP contribution in [0.2, 0.25) is 0 Å². The maximum absolute atomic E-state index is 5.36. The van der Waals surface area contributed by atoms with E-state index in [0.29, 0.717) is 5.92 Å². The van der Waals surface area contributed by atoms with Gasteiger partial charge in [-0.1, -0.05) is 42.3 Å². The molecule has 1 aliphatic heterocycles. The summed E-state index contributed by atoms with van der Waals surface area (Å²) < 4.78 is 0. The van der Waals surface area contributed by atoms with Gasteiger partial charge in [0.15, 0.2) is 0 Å². The van der Waals surface area contributed by atoms with Crippen molar-refractivity contribution >= 4 is 6.08 Å². The van der Waals surface area contributed by atoms with Gasteiger partial charge in [0.1, 0.15) is 0 Å². The van der Waals surface area contributed by atoms with Crippen molar-refractivity contribution in [3.63, 3.8) is 0 Å². The lowest BCUT2D eigenvalue weighted by atomic mass is 9.95. The van der Waals surface area contributed by atoms with Gasteiger partial charge in [0.2, 0.25) is 0 Å². The number of rotatable bonds is 4. The molecule has 1 heterocycles. The lowest BCUT2D eigenvalue weighted by Crippen LogP contribution is -2.33. The van der Waals surface area contributed by atoms with E-state index in [9.17, 15) is 0 Å². The summed E-state index contributed by atoms with van der Waals surface area (Å²) in [6.45, 7) is 3.08. The van der Waals surface area contributed by atoms with Crippen LogP contribution < -0.4 is 0 Å². The van der Waals surface area contributed by atoms with Crippen molar-refractivity contribution < 1.29 is 0 Å². The Balaban J connectivity index is 1.51. The first kappa shape index (κ1) is 13.5. The summed E-state index contributed by atoms with van der Waals surface area (Å²) >= 11 is 0. The van der Waals surface area contributed by atoms with Crippen LogP contribution in [0.1, 0.15) is 42.7 Å². The lowest BCUT2D eigenvalue weighted by Gasteiger charge is -2.28. The fraction of sp³-hybridized carbons (Fsp3) is 0.474. The third-order valence-electron chi connectivity index (χ3n) is 4.49. The zero-order chi connectivity index (χ0) is 13.8. The van der Waals surface area contributed by atoms with E-state index in [2.05, 4.69) is 47.2 Å². The van der Waals surface area contributed by atoms with E-state index in [1.165, 1.54) is 36.8 Å². The largest absolute Gasteiger partial charge is 0.292 e. The topological polar surface area (TPSA) is 3.24 Å². The Morgan fingerprint density at radius 3 is 2.40 bits per heavy atom. The van der Waals surface area contributed by atoms with E-state index < -0.39 is 0 Å². The molecule has 3 rings (SSSR count). The molecule has 0 bridgehead atoms. The molecule has 2 fully saturated rings. The summed E-state index contributed by atoms with van der Waals surface area (Å²) in [5.41, 5.74) is 2.85. The van der Waals surface area contributed by atoms with Crippen LogP contribution in [0.5, 0.6) is 0 Å². The molecular formula is C19H23N. The summed E-state index contributed by atoms with van der Waals surface area (Å²) in [7, 11) is 0. The van der Waals surface area contributed by atoms with Crippen molar-refractivity contribution in [3.8, 4) is 12.3 Å². The number of hydrogen-bond donors (Lipinski definition) is 0. The molecule has 0 radical (unpaired) electrons. The third-order valence-corrected chi connectivity index (χ3v) is 4.49. The molecule has 1 nitrogen and oxygen atoms in total. The lowest BCUT2D eigenvalue weighted by molar-refractivity contribution is 0.226. The Hall–Kier alpha value is -1.52. The smallest absolute Gasteiger partial charge is 0.0598 e. The van der Waals surface area contributed by atoms with Gasteiger partial charge in [-0.25, -0.2) is 0 Å². The van der Waals surface area contributed by atoms with Crippen LogP contribution in [0.3, 0.4) is 0 Å². The van der Waals surface area contributed by atoms with Crippen LogP contribution in [0.25, 0.3) is 6.08 Å². The summed E-state index contributed by atoms with van der Waals surface area (Å²) in [6, 6.07) is 9.12. The zero-order valence-corrected chi connectivity index (χ0v) is 12.1. The van der Waals surface area contributed by atoms with Crippen molar-refractivity contribution in [1.82, 2.24) is 4.90 Å². The van der Waals surface area contributed by atoms with E-state index in [1.54, 1.807) is 0 Å². The molecular weight excluding hydrogens is 242 g/mol. The minimum absolute atomic E-state index is 0.715. The number of nitrogens with zero attached hydrogens (tertiary/aromatic N) is 1. The first-order valence-electron chi connectivity index (χ1n) is 7.79. The average Bonchev–Trinajstić information content (AvgIpc) is 3.32. The molecule has 104 valence electrons. The molecule has 2 aliphatic rings. The number of piperidine rings is 1. The van der Waals surface area contributed by atoms with Gasteiger partial charge < -0.3 is 0 Å². The van der Waals surface area contributed by atoms with Crippen molar-refractivity contribution in [1.29, 1.82) is 0 Å². The van der Waals surface area contributed by atoms with Gasteiger partial charge in [-0.15, -0.1) is 6.42 Å². The molecule has 1 aliphatic carbocycles. The maximum Gasteiger partial charge on any atom is 0.0598 e. The van der Waals surface area contributed by atoms with Crippen LogP contribution in [-0.4, -0.2) is 24.5 Å². The Bertz CT molecular complexity index is 494. The number of allylic oxidation sites excluding steroid dienone is 1. The minimum atomic E-state index is 0.715. The van der Waals surface area contributed by atoms with Gasteiger partial charge >= 0.3 is 0 Å². The summed E-state index contributed by atoms with van der Waals surface area (Å²) in [5.74, 6) is 4.31. The molecule has 1 saturated carbocycles. The van der Waals surface area contributed by atoms with E-state index in [-0.39, 0.29) is 0 Å². The number of terminal acetylenes is 1. The maximum atomic E-state index is 5.36. The Morgan fingerprint density at radius 2 is 1.80 bits per heavy atom. The summed E-state index contributed by atoms with van der Waals surface area (Å²) in [4.78, 5) is 2.37. The van der Waals surface area contributed by atoms with E-state index in [1.807, 2.05) is 0 Å². The fourth-order valence-electron chi connectivity index (χ4n) is 2.98. The normalized spacial score (nSPS) is 21.1. The number of benzene rings is 1. The van der Waals surface area contributed by atoms with E-state index in [4.69, 9.17) is 6.42 Å². The molecule has 0 aromatic heterocycles. The van der Waals surface area contributed by atoms with E-state index in [0.717, 1.165) is 25.6 Å². The first-order chi connectivity index (χ1) is 9.85.